The summed E-state index contributed by atoms with van der Waals surface area (Å²) in [5, 5.41) is 0. The van der Waals surface area contributed by atoms with Gasteiger partial charge < -0.3 is 4.74 Å². The fourth-order valence-corrected chi connectivity index (χ4v) is 1.17. The largest absolute Gasteiger partial charge is 0.461 e. The monoisotopic (exact) mass is 210 g/mol. The Balaban J connectivity index is 3.82. The molecule has 0 spiro atoms. The number of rotatable bonds is 7. The van der Waals surface area contributed by atoms with Gasteiger partial charge in [0.25, 0.3) is 0 Å². The lowest BCUT2D eigenvalue weighted by Crippen LogP contribution is -2.08. The fourth-order valence-electron chi connectivity index (χ4n) is 1.17. The topological polar surface area (TPSA) is 26.3 Å². The van der Waals surface area contributed by atoms with E-state index in [0.717, 1.165) is 12.8 Å². The Morgan fingerprint density at radius 1 is 1.47 bits per heavy atom. The number of hydrogen-bond donors (Lipinski definition) is 0. The highest BCUT2D eigenvalue weighted by molar-refractivity contribution is 5.68. The van der Waals surface area contributed by atoms with Crippen molar-refractivity contribution in [3.63, 3.8) is 0 Å². The molecule has 86 valence electrons. The molecule has 0 N–H and O–H groups in total. The molecule has 0 aromatic heterocycles. The van der Waals surface area contributed by atoms with Gasteiger partial charge in [-0.25, -0.2) is 0 Å². The normalized spacial score (nSPS) is 11.7. The van der Waals surface area contributed by atoms with Gasteiger partial charge in [0.05, 0.1) is 0 Å². The third-order valence-electron chi connectivity index (χ3n) is 2.19. The van der Waals surface area contributed by atoms with E-state index < -0.39 is 0 Å². The van der Waals surface area contributed by atoms with E-state index in [4.69, 9.17) is 4.74 Å². The van der Waals surface area contributed by atoms with Crippen LogP contribution in [-0.2, 0) is 9.53 Å². The Labute approximate surface area is 93.0 Å². The van der Waals surface area contributed by atoms with Gasteiger partial charge in [-0.3, -0.25) is 4.79 Å². The van der Waals surface area contributed by atoms with Crippen molar-refractivity contribution in [3.8, 4) is 0 Å². The summed E-state index contributed by atoms with van der Waals surface area (Å²) in [4.78, 5) is 10.8. The van der Waals surface area contributed by atoms with Crippen LogP contribution in [0, 0.1) is 5.41 Å². The first-order chi connectivity index (χ1) is 7.02. The predicted octanol–water partition coefficient (Wildman–Crippen LogP) is 3.49. The van der Waals surface area contributed by atoms with Gasteiger partial charge in [0, 0.05) is 6.42 Å². The molecular weight excluding hydrogens is 188 g/mol. The summed E-state index contributed by atoms with van der Waals surface area (Å²) in [7, 11) is 0. The second-order valence-electron chi connectivity index (χ2n) is 4.25. The van der Waals surface area contributed by atoms with E-state index in [0.29, 0.717) is 13.0 Å². The smallest absolute Gasteiger partial charge is 0.305 e. The summed E-state index contributed by atoms with van der Waals surface area (Å²) in [6, 6.07) is 0. The molecule has 0 bridgehead atoms. The molecule has 0 unspecified atom stereocenters. The Morgan fingerprint density at radius 3 is 2.67 bits per heavy atom. The van der Waals surface area contributed by atoms with E-state index in [2.05, 4.69) is 26.5 Å². The second kappa shape index (κ2) is 7.27. The quantitative estimate of drug-likeness (QED) is 0.475. The summed E-state index contributed by atoms with van der Waals surface area (Å²) < 4.78 is 4.95. The highest BCUT2D eigenvalue weighted by Gasteiger charge is 2.11. The Kier molecular flexibility index (Phi) is 6.76. The first-order valence-electron chi connectivity index (χ1n) is 5.46. The summed E-state index contributed by atoms with van der Waals surface area (Å²) >= 11 is 0. The highest BCUT2D eigenvalue weighted by Crippen LogP contribution is 2.23. The van der Waals surface area contributed by atoms with Crippen LogP contribution in [0.3, 0.4) is 0 Å². The molecule has 0 aliphatic carbocycles. The molecule has 0 aromatic rings. The highest BCUT2D eigenvalue weighted by atomic mass is 16.5. The number of esters is 1. The molecule has 0 saturated carbocycles. The van der Waals surface area contributed by atoms with Gasteiger partial charge in [0.1, 0.15) is 6.61 Å². The molecule has 0 saturated heterocycles. The van der Waals surface area contributed by atoms with Crippen molar-refractivity contribution in [2.75, 3.05) is 6.61 Å². The zero-order valence-electron chi connectivity index (χ0n) is 10.1. The molecule has 0 aliphatic rings. The van der Waals surface area contributed by atoms with Crippen LogP contribution in [0.1, 0.15) is 40.0 Å². The van der Waals surface area contributed by atoms with Crippen LogP contribution in [0.5, 0.6) is 0 Å². The average molecular weight is 210 g/mol. The van der Waals surface area contributed by atoms with Gasteiger partial charge in [0.2, 0.25) is 0 Å². The van der Waals surface area contributed by atoms with Crippen LogP contribution in [0.2, 0.25) is 0 Å². The Bertz CT molecular complexity index is 227. The minimum absolute atomic E-state index is 0.146. The molecule has 0 aromatic carbocycles. The molecule has 15 heavy (non-hydrogen) atoms. The summed E-state index contributed by atoms with van der Waals surface area (Å²) in [5.74, 6) is -0.149. The standard InChI is InChI=1S/C13H22O2/c1-5-7-9-13(3,4)10-8-11-15-12(14)6-2/h5,8,10H,1,6-7,9,11H2,2-4H3/b10-8+. The third kappa shape index (κ3) is 7.98. The van der Waals surface area contributed by atoms with Crippen molar-refractivity contribution < 1.29 is 9.53 Å². The van der Waals surface area contributed by atoms with Crippen molar-refractivity contribution in [1.29, 1.82) is 0 Å². The zero-order valence-corrected chi connectivity index (χ0v) is 10.1. The van der Waals surface area contributed by atoms with Crippen LogP contribution >= 0.6 is 0 Å². The van der Waals surface area contributed by atoms with Gasteiger partial charge in [-0.1, -0.05) is 39.0 Å². The van der Waals surface area contributed by atoms with Crippen molar-refractivity contribution in [2.45, 2.75) is 40.0 Å². The Morgan fingerprint density at radius 2 is 2.13 bits per heavy atom. The number of ether oxygens (including phenoxy) is 1. The van der Waals surface area contributed by atoms with Gasteiger partial charge in [-0.05, 0) is 18.3 Å². The molecule has 0 heterocycles. The van der Waals surface area contributed by atoms with Crippen LogP contribution in [0.4, 0.5) is 0 Å². The molecular formula is C13H22O2. The number of hydrogen-bond acceptors (Lipinski definition) is 2. The van der Waals surface area contributed by atoms with Gasteiger partial charge >= 0.3 is 5.97 Å². The predicted molar refractivity (Wildman–Crippen MR) is 63.6 cm³/mol. The van der Waals surface area contributed by atoms with Gasteiger partial charge in [-0.15, -0.1) is 6.58 Å². The number of allylic oxidation sites excluding steroid dienone is 2. The maximum Gasteiger partial charge on any atom is 0.305 e. The van der Waals surface area contributed by atoms with Gasteiger partial charge in [-0.2, -0.15) is 0 Å². The molecule has 0 fully saturated rings. The van der Waals surface area contributed by atoms with E-state index in [1.54, 1.807) is 6.92 Å². The summed E-state index contributed by atoms with van der Waals surface area (Å²) in [6.07, 6.45) is 8.44. The maximum absolute atomic E-state index is 10.8. The third-order valence-corrected chi connectivity index (χ3v) is 2.19. The van der Waals surface area contributed by atoms with Crippen LogP contribution in [0.15, 0.2) is 24.8 Å². The minimum Gasteiger partial charge on any atom is -0.461 e. The summed E-state index contributed by atoms with van der Waals surface area (Å²) in [5.41, 5.74) is 0.146. The SMILES string of the molecule is C=CCCC(C)(C)/C=C/COC(=O)CC. The molecule has 0 atom stereocenters. The first-order valence-corrected chi connectivity index (χ1v) is 5.46. The summed E-state index contributed by atoms with van der Waals surface area (Å²) in [6.45, 7) is 10.2. The molecule has 0 rings (SSSR count). The van der Waals surface area contributed by atoms with Crippen LogP contribution in [-0.4, -0.2) is 12.6 Å². The maximum atomic E-state index is 10.8. The molecule has 0 aliphatic heterocycles. The number of carbonyl (C=O) groups excluding carboxylic acids is 1. The van der Waals surface area contributed by atoms with Crippen molar-refractivity contribution in [3.05, 3.63) is 24.8 Å². The van der Waals surface area contributed by atoms with Gasteiger partial charge in [0.15, 0.2) is 0 Å². The number of carbonyl (C=O) groups is 1. The van der Waals surface area contributed by atoms with E-state index >= 15 is 0 Å². The van der Waals surface area contributed by atoms with Crippen LogP contribution < -0.4 is 0 Å². The van der Waals surface area contributed by atoms with E-state index in [9.17, 15) is 4.79 Å². The van der Waals surface area contributed by atoms with Crippen LogP contribution in [0.25, 0.3) is 0 Å². The lowest BCUT2D eigenvalue weighted by molar-refractivity contribution is -0.141. The average Bonchev–Trinajstić information content (AvgIpc) is 2.21. The van der Waals surface area contributed by atoms with E-state index in [1.807, 2.05) is 12.2 Å². The first kappa shape index (κ1) is 13.9. The molecule has 0 radical (unpaired) electrons. The van der Waals surface area contributed by atoms with E-state index in [-0.39, 0.29) is 11.4 Å². The Hall–Kier alpha value is -1.05. The fraction of sp³-hybridized carbons (Fsp3) is 0.615. The zero-order chi connectivity index (χ0) is 11.7. The molecule has 0 amide bonds. The van der Waals surface area contributed by atoms with Crippen molar-refractivity contribution >= 4 is 5.97 Å². The minimum atomic E-state index is -0.149. The second-order valence-corrected chi connectivity index (χ2v) is 4.25. The molecule has 2 nitrogen and oxygen atoms in total. The molecule has 2 heteroatoms. The lowest BCUT2D eigenvalue weighted by atomic mass is 9.87. The van der Waals surface area contributed by atoms with Crippen molar-refractivity contribution in [1.82, 2.24) is 0 Å². The lowest BCUT2D eigenvalue weighted by Gasteiger charge is -2.18. The van der Waals surface area contributed by atoms with Crippen molar-refractivity contribution in [2.24, 2.45) is 5.41 Å². The van der Waals surface area contributed by atoms with E-state index in [1.165, 1.54) is 0 Å².